The molecule has 0 saturated heterocycles. The van der Waals surface area contributed by atoms with Crippen LogP contribution < -0.4 is 0 Å². The number of rotatable bonds is 4. The van der Waals surface area contributed by atoms with Crippen LogP contribution in [0.5, 0.6) is 0 Å². The Hall–Kier alpha value is -1.63. The number of hydrogen-bond acceptors (Lipinski definition) is 1. The summed E-state index contributed by atoms with van der Waals surface area (Å²) < 4.78 is 1.35. The van der Waals surface area contributed by atoms with E-state index in [0.717, 1.165) is 13.0 Å². The van der Waals surface area contributed by atoms with Crippen molar-refractivity contribution < 1.29 is 0 Å². The standard InChI is InChI=1S/C20H21NSe/c1-2-17-13-14-22-20(19(17)18-11-7-4-8-12-18)21-15-16-9-5-3-6-10-16/h3-12H,2,13-15H2,1H3. The van der Waals surface area contributed by atoms with Crippen LogP contribution in [0.15, 0.2) is 71.2 Å². The predicted molar refractivity (Wildman–Crippen MR) is 96.4 cm³/mol. The van der Waals surface area contributed by atoms with Crippen molar-refractivity contribution in [2.45, 2.75) is 31.6 Å². The number of hydrogen-bond donors (Lipinski definition) is 0. The van der Waals surface area contributed by atoms with Gasteiger partial charge in [-0.15, -0.1) is 0 Å². The fourth-order valence-corrected chi connectivity index (χ4v) is 5.09. The van der Waals surface area contributed by atoms with Crippen LogP contribution in [0.1, 0.15) is 30.9 Å². The first-order chi connectivity index (χ1) is 10.9. The average Bonchev–Trinajstić information content (AvgIpc) is 2.61. The summed E-state index contributed by atoms with van der Waals surface area (Å²) in [6.45, 7) is 3.07. The number of nitrogens with zero attached hydrogens (tertiary/aromatic N) is 1. The van der Waals surface area contributed by atoms with Gasteiger partial charge in [0.1, 0.15) is 0 Å². The van der Waals surface area contributed by atoms with Gasteiger partial charge in [0.15, 0.2) is 0 Å². The van der Waals surface area contributed by atoms with E-state index >= 15 is 0 Å². The third kappa shape index (κ3) is 3.58. The fraction of sp³-hybridized carbons (Fsp3) is 0.250. The normalized spacial score (nSPS) is 17.0. The van der Waals surface area contributed by atoms with Crippen LogP contribution in [-0.2, 0) is 6.54 Å². The van der Waals surface area contributed by atoms with E-state index in [4.69, 9.17) is 4.99 Å². The third-order valence-corrected chi connectivity index (χ3v) is 6.08. The molecule has 0 saturated carbocycles. The van der Waals surface area contributed by atoms with Crippen LogP contribution in [0.3, 0.4) is 0 Å². The summed E-state index contributed by atoms with van der Waals surface area (Å²) in [5, 5.41) is 1.29. The monoisotopic (exact) mass is 355 g/mol. The Morgan fingerprint density at radius 1 is 0.955 bits per heavy atom. The minimum absolute atomic E-state index is 0.499. The quantitative estimate of drug-likeness (QED) is 0.687. The van der Waals surface area contributed by atoms with Crippen molar-refractivity contribution in [1.29, 1.82) is 0 Å². The zero-order chi connectivity index (χ0) is 15.2. The summed E-state index contributed by atoms with van der Waals surface area (Å²) >= 11 is 0.499. The van der Waals surface area contributed by atoms with Crippen molar-refractivity contribution >= 4 is 25.1 Å². The van der Waals surface area contributed by atoms with Gasteiger partial charge in [0.05, 0.1) is 0 Å². The Balaban J connectivity index is 1.95. The molecule has 2 heteroatoms. The number of allylic oxidation sites excluding steroid dienone is 2. The Morgan fingerprint density at radius 3 is 2.32 bits per heavy atom. The van der Waals surface area contributed by atoms with Gasteiger partial charge in [-0.25, -0.2) is 0 Å². The molecule has 1 aliphatic rings. The molecule has 1 nitrogen and oxygen atoms in total. The third-order valence-electron chi connectivity index (χ3n) is 3.95. The van der Waals surface area contributed by atoms with Crippen molar-refractivity contribution in [2.75, 3.05) is 0 Å². The summed E-state index contributed by atoms with van der Waals surface area (Å²) in [4.78, 5) is 5.00. The van der Waals surface area contributed by atoms with Gasteiger partial charge in [-0.2, -0.15) is 0 Å². The van der Waals surface area contributed by atoms with Crippen LogP contribution in [0, 0.1) is 0 Å². The van der Waals surface area contributed by atoms with Gasteiger partial charge in [-0.3, -0.25) is 0 Å². The Bertz CT molecular complexity index is 671. The molecular formula is C20H21NSe. The Morgan fingerprint density at radius 2 is 1.64 bits per heavy atom. The van der Waals surface area contributed by atoms with Crippen molar-refractivity contribution in [2.24, 2.45) is 4.99 Å². The first kappa shape index (κ1) is 15.3. The molecule has 0 atom stereocenters. The second-order valence-corrected chi connectivity index (χ2v) is 7.68. The molecule has 3 rings (SSSR count). The average molecular weight is 354 g/mol. The molecule has 112 valence electrons. The van der Waals surface area contributed by atoms with Gasteiger partial charge in [-0.1, -0.05) is 0 Å². The van der Waals surface area contributed by atoms with Gasteiger partial charge in [-0.05, 0) is 0 Å². The summed E-state index contributed by atoms with van der Waals surface area (Å²) in [7, 11) is 0. The molecule has 1 aliphatic heterocycles. The van der Waals surface area contributed by atoms with Gasteiger partial charge in [0, 0.05) is 0 Å². The van der Waals surface area contributed by atoms with Gasteiger partial charge in [0.2, 0.25) is 0 Å². The van der Waals surface area contributed by atoms with Gasteiger partial charge in [0.25, 0.3) is 0 Å². The van der Waals surface area contributed by atoms with Crippen LogP contribution in [0.2, 0.25) is 5.32 Å². The molecule has 22 heavy (non-hydrogen) atoms. The summed E-state index contributed by atoms with van der Waals surface area (Å²) in [6.07, 6.45) is 2.37. The maximum atomic E-state index is 5.00. The Kier molecular flexibility index (Phi) is 5.26. The van der Waals surface area contributed by atoms with Gasteiger partial charge < -0.3 is 0 Å². The van der Waals surface area contributed by atoms with E-state index in [-0.39, 0.29) is 0 Å². The zero-order valence-electron chi connectivity index (χ0n) is 13.0. The fourth-order valence-electron chi connectivity index (χ4n) is 2.78. The van der Waals surface area contributed by atoms with Crippen molar-refractivity contribution in [3.63, 3.8) is 0 Å². The van der Waals surface area contributed by atoms with E-state index in [0.29, 0.717) is 15.0 Å². The Labute approximate surface area is 139 Å². The first-order valence-corrected chi connectivity index (χ1v) is 9.94. The van der Waals surface area contributed by atoms with Crippen LogP contribution >= 0.6 is 0 Å². The molecule has 0 amide bonds. The number of benzene rings is 2. The zero-order valence-corrected chi connectivity index (χ0v) is 14.7. The molecule has 0 aliphatic carbocycles. The van der Waals surface area contributed by atoms with Crippen LogP contribution in [-0.4, -0.2) is 19.6 Å². The summed E-state index contributed by atoms with van der Waals surface area (Å²) in [5.41, 5.74) is 5.64. The molecule has 0 bridgehead atoms. The van der Waals surface area contributed by atoms with E-state index in [1.54, 1.807) is 5.57 Å². The van der Waals surface area contributed by atoms with E-state index in [1.165, 1.54) is 33.1 Å². The van der Waals surface area contributed by atoms with Crippen molar-refractivity contribution in [3.05, 3.63) is 77.4 Å². The second-order valence-electron chi connectivity index (χ2n) is 5.40. The molecular weight excluding hydrogens is 333 g/mol. The summed E-state index contributed by atoms with van der Waals surface area (Å²) in [6, 6.07) is 21.4. The van der Waals surface area contributed by atoms with Gasteiger partial charge >= 0.3 is 139 Å². The molecule has 0 spiro atoms. The van der Waals surface area contributed by atoms with E-state index in [1.807, 2.05) is 0 Å². The SMILES string of the molecule is CCC1=C(c2ccccc2)C(=NCc2ccccc2)[Se]CC1. The predicted octanol–water partition coefficient (Wildman–Crippen LogP) is 4.98. The van der Waals surface area contributed by atoms with Crippen molar-refractivity contribution in [1.82, 2.24) is 0 Å². The minimum atomic E-state index is 0.499. The van der Waals surface area contributed by atoms with Crippen molar-refractivity contribution in [3.8, 4) is 0 Å². The maximum absolute atomic E-state index is 5.00. The molecule has 0 unspecified atom stereocenters. The first-order valence-electron chi connectivity index (χ1n) is 7.87. The molecule has 0 fully saturated rings. The van der Waals surface area contributed by atoms with Crippen LogP contribution in [0.4, 0.5) is 0 Å². The molecule has 2 aromatic rings. The van der Waals surface area contributed by atoms with E-state index in [9.17, 15) is 0 Å². The number of aliphatic imine (C=N–C) groups is 1. The molecule has 0 radical (unpaired) electrons. The molecule has 0 aromatic heterocycles. The molecule has 0 N–H and O–H groups in total. The topological polar surface area (TPSA) is 12.4 Å². The van der Waals surface area contributed by atoms with E-state index < -0.39 is 0 Å². The van der Waals surface area contributed by atoms with E-state index in [2.05, 4.69) is 67.6 Å². The van der Waals surface area contributed by atoms with Crippen LogP contribution in [0.25, 0.3) is 5.57 Å². The summed E-state index contributed by atoms with van der Waals surface area (Å²) in [5.74, 6) is 0. The second kappa shape index (κ2) is 7.58. The molecule has 1 heterocycles. The molecule has 2 aromatic carbocycles.